The number of non-ortho nitro benzene ring substituents is 1. The van der Waals surface area contributed by atoms with Crippen LogP contribution in [0.3, 0.4) is 0 Å². The maximum atomic E-state index is 13.6. The van der Waals surface area contributed by atoms with E-state index in [1.807, 2.05) is 0 Å². The molecule has 1 heterocycles. The third kappa shape index (κ3) is 3.45. The molecule has 0 aliphatic rings. The Labute approximate surface area is 144 Å². The molecule has 25 heavy (non-hydrogen) atoms. The number of hydrazine groups is 1. The monoisotopic (exact) mass is 359 g/mol. The fourth-order valence-electron chi connectivity index (χ4n) is 2.12. The van der Waals surface area contributed by atoms with Gasteiger partial charge in [0.25, 0.3) is 17.5 Å². The van der Waals surface area contributed by atoms with Crippen molar-refractivity contribution in [3.05, 3.63) is 74.9 Å². The number of amides is 2. The lowest BCUT2D eigenvalue weighted by molar-refractivity contribution is -0.384. The predicted octanol–water partition coefficient (Wildman–Crippen LogP) is 3.02. The fraction of sp³-hybridized carbons (Fsp3) is 0. The van der Waals surface area contributed by atoms with Crippen molar-refractivity contribution in [2.75, 3.05) is 0 Å². The Kier molecular flexibility index (Phi) is 4.40. The number of halogens is 1. The number of benzene rings is 2. The molecule has 0 atom stereocenters. The summed E-state index contributed by atoms with van der Waals surface area (Å²) in [6.07, 6.45) is 0. The summed E-state index contributed by atoms with van der Waals surface area (Å²) in [5, 5.41) is 10.9. The van der Waals surface area contributed by atoms with Gasteiger partial charge in [0, 0.05) is 27.8 Å². The summed E-state index contributed by atoms with van der Waals surface area (Å²) < 4.78 is 14.3. The van der Waals surface area contributed by atoms with E-state index in [-0.39, 0.29) is 16.1 Å². The van der Waals surface area contributed by atoms with E-state index in [1.165, 1.54) is 36.4 Å². The Bertz CT molecular complexity index is 985. The van der Waals surface area contributed by atoms with Crippen LogP contribution in [0.2, 0.25) is 0 Å². The van der Waals surface area contributed by atoms with Crippen molar-refractivity contribution in [2.45, 2.75) is 0 Å². The maximum absolute atomic E-state index is 13.6. The molecule has 2 aromatic carbocycles. The highest BCUT2D eigenvalue weighted by Gasteiger charge is 2.14. The molecule has 0 saturated carbocycles. The van der Waals surface area contributed by atoms with Gasteiger partial charge in [0.15, 0.2) is 0 Å². The van der Waals surface area contributed by atoms with E-state index in [4.69, 9.17) is 0 Å². The molecule has 9 heteroatoms. The molecule has 3 rings (SSSR count). The molecule has 2 amide bonds. The lowest BCUT2D eigenvalue weighted by atomic mass is 10.2. The molecule has 0 bridgehead atoms. The maximum Gasteiger partial charge on any atom is 0.279 e. The van der Waals surface area contributed by atoms with Crippen molar-refractivity contribution >= 4 is 38.9 Å². The molecule has 0 saturated heterocycles. The number of nitrogens with one attached hydrogen (secondary N) is 2. The zero-order valence-electron chi connectivity index (χ0n) is 12.5. The SMILES string of the molecule is O=C(NNC(=O)c1cc2c(F)cccc2s1)c1ccc([N+](=O)[O-])cc1. The van der Waals surface area contributed by atoms with Crippen LogP contribution in [0.15, 0.2) is 48.5 Å². The highest BCUT2D eigenvalue weighted by Crippen LogP contribution is 2.27. The van der Waals surface area contributed by atoms with Crippen LogP contribution in [0.25, 0.3) is 10.1 Å². The zero-order valence-corrected chi connectivity index (χ0v) is 13.3. The summed E-state index contributed by atoms with van der Waals surface area (Å²) in [5.41, 5.74) is 4.44. The summed E-state index contributed by atoms with van der Waals surface area (Å²) in [5.74, 6) is -1.64. The molecular weight excluding hydrogens is 349 g/mol. The molecule has 0 fully saturated rings. The summed E-state index contributed by atoms with van der Waals surface area (Å²) in [6, 6.07) is 10.9. The number of hydrogen-bond donors (Lipinski definition) is 2. The average molecular weight is 359 g/mol. The lowest BCUT2D eigenvalue weighted by Gasteiger charge is -2.06. The van der Waals surface area contributed by atoms with Crippen molar-refractivity contribution < 1.29 is 18.9 Å². The van der Waals surface area contributed by atoms with Crippen LogP contribution in [0.5, 0.6) is 0 Å². The van der Waals surface area contributed by atoms with E-state index >= 15 is 0 Å². The minimum absolute atomic E-state index is 0.145. The number of nitro benzene ring substituents is 1. The number of fused-ring (bicyclic) bond motifs is 1. The quantitative estimate of drug-likeness (QED) is 0.554. The number of nitro groups is 1. The van der Waals surface area contributed by atoms with Crippen LogP contribution in [-0.4, -0.2) is 16.7 Å². The normalized spacial score (nSPS) is 10.4. The Hall–Kier alpha value is -3.33. The van der Waals surface area contributed by atoms with Gasteiger partial charge < -0.3 is 0 Å². The number of thiophene rings is 1. The van der Waals surface area contributed by atoms with Crippen molar-refractivity contribution in [3.8, 4) is 0 Å². The Morgan fingerprint density at radius 2 is 1.72 bits per heavy atom. The minimum Gasteiger partial charge on any atom is -0.267 e. The first kappa shape index (κ1) is 16.5. The Balaban J connectivity index is 1.67. The Morgan fingerprint density at radius 1 is 1.04 bits per heavy atom. The molecule has 0 radical (unpaired) electrons. The van der Waals surface area contributed by atoms with Gasteiger partial charge in [-0.05, 0) is 30.3 Å². The summed E-state index contributed by atoms with van der Waals surface area (Å²) >= 11 is 1.09. The van der Waals surface area contributed by atoms with Crippen LogP contribution in [0.4, 0.5) is 10.1 Å². The van der Waals surface area contributed by atoms with E-state index in [0.29, 0.717) is 10.1 Å². The van der Waals surface area contributed by atoms with Gasteiger partial charge in [0.05, 0.1) is 9.80 Å². The lowest BCUT2D eigenvalue weighted by Crippen LogP contribution is -2.41. The summed E-state index contributed by atoms with van der Waals surface area (Å²) in [6.45, 7) is 0. The van der Waals surface area contributed by atoms with Crippen LogP contribution in [-0.2, 0) is 0 Å². The number of hydrogen-bond acceptors (Lipinski definition) is 5. The predicted molar refractivity (Wildman–Crippen MR) is 89.8 cm³/mol. The molecule has 0 spiro atoms. The number of carbonyl (C=O) groups is 2. The number of nitrogens with zero attached hydrogens (tertiary/aromatic N) is 1. The first-order valence-electron chi connectivity index (χ1n) is 6.99. The third-order valence-electron chi connectivity index (χ3n) is 3.36. The summed E-state index contributed by atoms with van der Waals surface area (Å²) in [4.78, 5) is 34.2. The van der Waals surface area contributed by atoms with Crippen molar-refractivity contribution in [2.24, 2.45) is 0 Å². The second kappa shape index (κ2) is 6.65. The van der Waals surface area contributed by atoms with Gasteiger partial charge in [0.2, 0.25) is 0 Å². The average Bonchev–Trinajstić information content (AvgIpc) is 3.05. The molecular formula is C16H10FN3O4S. The van der Waals surface area contributed by atoms with Gasteiger partial charge in [-0.15, -0.1) is 11.3 Å². The molecule has 0 aliphatic carbocycles. The molecule has 0 unspecified atom stereocenters. The fourth-order valence-corrected chi connectivity index (χ4v) is 3.09. The second-order valence-electron chi connectivity index (χ2n) is 4.97. The second-order valence-corrected chi connectivity index (χ2v) is 6.06. The first-order chi connectivity index (χ1) is 12.0. The van der Waals surface area contributed by atoms with E-state index in [1.54, 1.807) is 12.1 Å². The van der Waals surface area contributed by atoms with Gasteiger partial charge in [-0.2, -0.15) is 0 Å². The van der Waals surface area contributed by atoms with Crippen LogP contribution >= 0.6 is 11.3 Å². The van der Waals surface area contributed by atoms with Gasteiger partial charge in [-0.25, -0.2) is 4.39 Å². The van der Waals surface area contributed by atoms with Gasteiger partial charge >= 0.3 is 0 Å². The number of carbonyl (C=O) groups excluding carboxylic acids is 2. The Morgan fingerprint density at radius 3 is 2.36 bits per heavy atom. The van der Waals surface area contributed by atoms with Crippen LogP contribution < -0.4 is 10.9 Å². The molecule has 0 aliphatic heterocycles. The van der Waals surface area contributed by atoms with Crippen LogP contribution in [0, 0.1) is 15.9 Å². The first-order valence-corrected chi connectivity index (χ1v) is 7.80. The van der Waals surface area contributed by atoms with Crippen molar-refractivity contribution in [1.29, 1.82) is 0 Å². The van der Waals surface area contributed by atoms with Crippen molar-refractivity contribution in [3.63, 3.8) is 0 Å². The zero-order chi connectivity index (χ0) is 18.0. The third-order valence-corrected chi connectivity index (χ3v) is 4.46. The van der Waals surface area contributed by atoms with Crippen LogP contribution in [0.1, 0.15) is 20.0 Å². The highest BCUT2D eigenvalue weighted by molar-refractivity contribution is 7.20. The standard InChI is InChI=1S/C16H10FN3O4S/c17-12-2-1-3-13-11(12)8-14(25-13)16(22)19-18-15(21)9-4-6-10(7-5-9)20(23)24/h1-8H,(H,18,21)(H,19,22). The van der Waals surface area contributed by atoms with E-state index in [2.05, 4.69) is 10.9 Å². The molecule has 2 N–H and O–H groups in total. The topological polar surface area (TPSA) is 101 Å². The van der Waals surface area contributed by atoms with Gasteiger partial charge in [-0.1, -0.05) is 6.07 Å². The van der Waals surface area contributed by atoms with Crippen molar-refractivity contribution in [1.82, 2.24) is 10.9 Å². The molecule has 126 valence electrons. The largest absolute Gasteiger partial charge is 0.279 e. The smallest absolute Gasteiger partial charge is 0.267 e. The molecule has 3 aromatic rings. The van der Waals surface area contributed by atoms with E-state index in [0.717, 1.165) is 11.3 Å². The molecule has 7 nitrogen and oxygen atoms in total. The van der Waals surface area contributed by atoms with E-state index in [9.17, 15) is 24.1 Å². The van der Waals surface area contributed by atoms with Gasteiger partial charge in [-0.3, -0.25) is 30.6 Å². The van der Waals surface area contributed by atoms with E-state index < -0.39 is 22.6 Å². The summed E-state index contributed by atoms with van der Waals surface area (Å²) in [7, 11) is 0. The highest BCUT2D eigenvalue weighted by atomic mass is 32.1. The number of rotatable bonds is 3. The molecule has 1 aromatic heterocycles. The minimum atomic E-state index is -0.629. The van der Waals surface area contributed by atoms with Gasteiger partial charge in [0.1, 0.15) is 5.82 Å².